The molecule has 1 aliphatic rings. The summed E-state index contributed by atoms with van der Waals surface area (Å²) in [6.45, 7) is 1.48. The Bertz CT molecular complexity index is 445. The van der Waals surface area contributed by atoms with Gasteiger partial charge in [0.05, 0.1) is 11.6 Å². The Hall–Kier alpha value is -1.40. The first-order chi connectivity index (χ1) is 9.29. The second kappa shape index (κ2) is 7.25. The smallest absolute Gasteiger partial charge is 0.129 e. The lowest BCUT2D eigenvalue weighted by Crippen LogP contribution is -2.16. The summed E-state index contributed by atoms with van der Waals surface area (Å²) < 4.78 is 13.6. The highest BCUT2D eigenvalue weighted by Gasteiger charge is 2.13. The highest BCUT2D eigenvalue weighted by atomic mass is 19.1. The SMILES string of the molecule is N#Cc1ccc(CNCCCC2CCCC2)c(F)c1. The zero-order chi connectivity index (χ0) is 13.5. The third kappa shape index (κ3) is 4.33. The number of nitrogens with zero attached hydrogens (tertiary/aromatic N) is 1. The molecule has 19 heavy (non-hydrogen) atoms. The van der Waals surface area contributed by atoms with Crippen LogP contribution in [-0.2, 0) is 6.54 Å². The summed E-state index contributed by atoms with van der Waals surface area (Å²) in [6, 6.07) is 6.60. The molecule has 1 aromatic carbocycles. The minimum absolute atomic E-state index is 0.289. The molecule has 102 valence electrons. The second-order valence-corrected chi connectivity index (χ2v) is 5.39. The van der Waals surface area contributed by atoms with Gasteiger partial charge in [-0.25, -0.2) is 4.39 Å². The highest BCUT2D eigenvalue weighted by molar-refractivity contribution is 5.32. The number of rotatable bonds is 6. The Morgan fingerprint density at radius 2 is 2.11 bits per heavy atom. The van der Waals surface area contributed by atoms with E-state index in [4.69, 9.17) is 5.26 Å². The van der Waals surface area contributed by atoms with Crippen LogP contribution in [0.15, 0.2) is 18.2 Å². The summed E-state index contributed by atoms with van der Waals surface area (Å²) in [6.07, 6.45) is 8.04. The summed E-state index contributed by atoms with van der Waals surface area (Å²) in [4.78, 5) is 0. The van der Waals surface area contributed by atoms with E-state index in [1.54, 1.807) is 12.1 Å². The van der Waals surface area contributed by atoms with Crippen molar-refractivity contribution in [2.75, 3.05) is 6.54 Å². The molecule has 1 saturated carbocycles. The summed E-state index contributed by atoms with van der Waals surface area (Å²) in [5, 5.41) is 12.0. The minimum Gasteiger partial charge on any atom is -0.313 e. The summed E-state index contributed by atoms with van der Waals surface area (Å²) >= 11 is 0. The molecular formula is C16H21FN2. The van der Waals surface area contributed by atoms with Gasteiger partial charge in [0, 0.05) is 12.1 Å². The second-order valence-electron chi connectivity index (χ2n) is 5.39. The van der Waals surface area contributed by atoms with Gasteiger partial charge < -0.3 is 5.32 Å². The highest BCUT2D eigenvalue weighted by Crippen LogP contribution is 2.28. The largest absolute Gasteiger partial charge is 0.313 e. The predicted molar refractivity (Wildman–Crippen MR) is 74.0 cm³/mol. The van der Waals surface area contributed by atoms with Crippen LogP contribution in [0.4, 0.5) is 4.39 Å². The number of hydrogen-bond donors (Lipinski definition) is 1. The van der Waals surface area contributed by atoms with Gasteiger partial charge in [-0.2, -0.15) is 5.26 Å². The van der Waals surface area contributed by atoms with Crippen molar-refractivity contribution in [3.8, 4) is 6.07 Å². The Balaban J connectivity index is 1.66. The Morgan fingerprint density at radius 1 is 1.32 bits per heavy atom. The van der Waals surface area contributed by atoms with Crippen molar-refractivity contribution in [3.63, 3.8) is 0 Å². The molecule has 0 unspecified atom stereocenters. The molecule has 2 rings (SSSR count). The Labute approximate surface area is 114 Å². The fourth-order valence-electron chi connectivity index (χ4n) is 2.80. The van der Waals surface area contributed by atoms with E-state index >= 15 is 0 Å². The van der Waals surface area contributed by atoms with Gasteiger partial charge in [-0.05, 0) is 37.4 Å². The fraction of sp³-hybridized carbons (Fsp3) is 0.562. The molecule has 1 aliphatic carbocycles. The first-order valence-electron chi connectivity index (χ1n) is 7.19. The molecule has 0 atom stereocenters. The van der Waals surface area contributed by atoms with Crippen LogP contribution >= 0.6 is 0 Å². The van der Waals surface area contributed by atoms with Crippen molar-refractivity contribution in [1.29, 1.82) is 5.26 Å². The lowest BCUT2D eigenvalue weighted by atomic mass is 10.0. The molecule has 1 fully saturated rings. The number of benzene rings is 1. The number of halogens is 1. The summed E-state index contributed by atoms with van der Waals surface area (Å²) in [5.41, 5.74) is 1.02. The van der Waals surface area contributed by atoms with Crippen LogP contribution in [0.1, 0.15) is 49.7 Å². The molecule has 0 aromatic heterocycles. The van der Waals surface area contributed by atoms with Gasteiger partial charge in [-0.1, -0.05) is 31.7 Å². The lowest BCUT2D eigenvalue weighted by Gasteiger charge is -2.09. The van der Waals surface area contributed by atoms with Crippen LogP contribution < -0.4 is 5.32 Å². The van der Waals surface area contributed by atoms with Gasteiger partial charge in [0.25, 0.3) is 0 Å². The first kappa shape index (κ1) is 14.0. The van der Waals surface area contributed by atoms with E-state index in [0.717, 1.165) is 12.5 Å². The predicted octanol–water partition coefficient (Wildman–Crippen LogP) is 3.76. The lowest BCUT2D eigenvalue weighted by molar-refractivity contribution is 0.468. The van der Waals surface area contributed by atoms with Crippen LogP contribution in [0.25, 0.3) is 0 Å². The van der Waals surface area contributed by atoms with Crippen LogP contribution in [0.5, 0.6) is 0 Å². The zero-order valence-corrected chi connectivity index (χ0v) is 11.3. The quantitative estimate of drug-likeness (QED) is 0.790. The van der Waals surface area contributed by atoms with E-state index in [9.17, 15) is 4.39 Å². The number of hydrogen-bond acceptors (Lipinski definition) is 2. The zero-order valence-electron chi connectivity index (χ0n) is 11.3. The average molecular weight is 260 g/mol. The maximum atomic E-state index is 13.6. The standard InChI is InChI=1S/C16H21FN2/c17-16-10-14(11-18)7-8-15(16)12-19-9-3-6-13-4-1-2-5-13/h7-8,10,13,19H,1-6,9,12H2. The van der Waals surface area contributed by atoms with Crippen molar-refractivity contribution < 1.29 is 4.39 Å². The number of nitriles is 1. The third-order valence-corrected chi connectivity index (χ3v) is 3.94. The molecular weight excluding hydrogens is 239 g/mol. The molecule has 2 nitrogen and oxygen atoms in total. The van der Waals surface area contributed by atoms with Crippen molar-refractivity contribution in [2.45, 2.75) is 45.1 Å². The van der Waals surface area contributed by atoms with Crippen molar-refractivity contribution in [1.82, 2.24) is 5.32 Å². The molecule has 0 radical (unpaired) electrons. The normalized spacial score (nSPS) is 15.6. The molecule has 3 heteroatoms. The van der Waals surface area contributed by atoms with E-state index in [0.29, 0.717) is 17.7 Å². The monoisotopic (exact) mass is 260 g/mol. The van der Waals surface area contributed by atoms with Gasteiger partial charge in [0.2, 0.25) is 0 Å². The van der Waals surface area contributed by atoms with E-state index in [2.05, 4.69) is 5.32 Å². The maximum Gasteiger partial charge on any atom is 0.129 e. The summed E-state index contributed by atoms with van der Waals surface area (Å²) in [7, 11) is 0. The van der Waals surface area contributed by atoms with Crippen molar-refractivity contribution in [2.24, 2.45) is 5.92 Å². The molecule has 0 bridgehead atoms. The van der Waals surface area contributed by atoms with Crippen molar-refractivity contribution >= 4 is 0 Å². The van der Waals surface area contributed by atoms with E-state index in [1.165, 1.54) is 44.6 Å². The van der Waals surface area contributed by atoms with Crippen LogP contribution in [0, 0.1) is 23.1 Å². The van der Waals surface area contributed by atoms with Crippen LogP contribution in [0.3, 0.4) is 0 Å². The topological polar surface area (TPSA) is 35.8 Å². The third-order valence-electron chi connectivity index (χ3n) is 3.94. The number of nitrogens with one attached hydrogen (secondary N) is 1. The van der Waals surface area contributed by atoms with Gasteiger partial charge in [0.1, 0.15) is 5.82 Å². The molecule has 0 saturated heterocycles. The average Bonchev–Trinajstić information content (AvgIpc) is 2.93. The van der Waals surface area contributed by atoms with Crippen molar-refractivity contribution in [3.05, 3.63) is 35.1 Å². The first-order valence-corrected chi connectivity index (χ1v) is 7.19. The van der Waals surface area contributed by atoms with Gasteiger partial charge in [-0.15, -0.1) is 0 Å². The minimum atomic E-state index is -0.289. The van der Waals surface area contributed by atoms with E-state index < -0.39 is 0 Å². The molecule has 1 aromatic rings. The fourth-order valence-corrected chi connectivity index (χ4v) is 2.80. The van der Waals surface area contributed by atoms with Gasteiger partial charge in [0.15, 0.2) is 0 Å². The van der Waals surface area contributed by atoms with Crippen LogP contribution in [-0.4, -0.2) is 6.54 Å². The van der Waals surface area contributed by atoms with Gasteiger partial charge in [-0.3, -0.25) is 0 Å². The Kier molecular flexibility index (Phi) is 5.35. The van der Waals surface area contributed by atoms with E-state index in [-0.39, 0.29) is 5.82 Å². The van der Waals surface area contributed by atoms with E-state index in [1.807, 2.05) is 6.07 Å². The molecule has 0 spiro atoms. The summed E-state index contributed by atoms with van der Waals surface area (Å²) in [5.74, 6) is 0.635. The Morgan fingerprint density at radius 3 is 2.79 bits per heavy atom. The molecule has 0 heterocycles. The van der Waals surface area contributed by atoms with Gasteiger partial charge >= 0.3 is 0 Å². The molecule has 1 N–H and O–H groups in total. The molecule has 0 aliphatic heterocycles. The maximum absolute atomic E-state index is 13.6. The van der Waals surface area contributed by atoms with Crippen LogP contribution in [0.2, 0.25) is 0 Å². The molecule has 0 amide bonds.